The molecule has 1 aliphatic rings. The predicted molar refractivity (Wildman–Crippen MR) is 61.1 cm³/mol. The van der Waals surface area contributed by atoms with E-state index in [9.17, 15) is 4.79 Å². The van der Waals surface area contributed by atoms with Crippen molar-refractivity contribution in [3.8, 4) is 0 Å². The van der Waals surface area contributed by atoms with Crippen LogP contribution < -0.4 is 4.90 Å². The molecule has 3 rings (SSSR count). The van der Waals surface area contributed by atoms with Gasteiger partial charge in [-0.3, -0.25) is 9.69 Å². The summed E-state index contributed by atoms with van der Waals surface area (Å²) >= 11 is 5.15. The summed E-state index contributed by atoms with van der Waals surface area (Å²) in [7, 11) is 0. The van der Waals surface area contributed by atoms with Gasteiger partial charge in [-0.2, -0.15) is 0 Å². The molecule has 80 valence electrons. The summed E-state index contributed by atoms with van der Waals surface area (Å²) in [6.45, 7) is 1.79. The third-order valence-corrected chi connectivity index (χ3v) is 3.22. The average Bonchev–Trinajstić information content (AvgIpc) is 2.77. The molecule has 1 aromatic heterocycles. The van der Waals surface area contributed by atoms with Gasteiger partial charge in [0, 0.05) is 0 Å². The number of β-lactam (4-membered cyclic amide) rings is 1. The summed E-state index contributed by atoms with van der Waals surface area (Å²) in [4.78, 5) is 13.8. The van der Waals surface area contributed by atoms with Gasteiger partial charge in [-0.15, -0.1) is 0 Å². The monoisotopic (exact) mass is 233 g/mol. The van der Waals surface area contributed by atoms with E-state index in [1.165, 1.54) is 4.90 Å². The maximum Gasteiger partial charge on any atom is 0.241 e. The van der Waals surface area contributed by atoms with Crippen LogP contribution >= 0.6 is 12.2 Å². The molecule has 0 saturated carbocycles. The minimum absolute atomic E-state index is 0.0134. The molecule has 0 spiro atoms. The van der Waals surface area contributed by atoms with Crippen molar-refractivity contribution >= 4 is 39.8 Å². The number of anilines is 1. The van der Waals surface area contributed by atoms with E-state index >= 15 is 0 Å². The highest BCUT2D eigenvalue weighted by atomic mass is 32.1. The van der Waals surface area contributed by atoms with Crippen LogP contribution in [0.5, 0.6) is 0 Å². The van der Waals surface area contributed by atoms with E-state index < -0.39 is 0 Å². The van der Waals surface area contributed by atoms with Crippen molar-refractivity contribution < 1.29 is 9.42 Å². The van der Waals surface area contributed by atoms with Gasteiger partial charge < -0.3 is 0 Å². The number of thiocarbonyl (C=S) groups is 1. The maximum absolute atomic E-state index is 11.7. The van der Waals surface area contributed by atoms with Gasteiger partial charge in [-0.1, -0.05) is 18.3 Å². The Morgan fingerprint density at radius 1 is 1.44 bits per heavy atom. The number of fused-ring (bicyclic) bond motifs is 1. The second-order valence-electron chi connectivity index (χ2n) is 3.64. The molecule has 1 aromatic carbocycles. The summed E-state index contributed by atoms with van der Waals surface area (Å²) in [6, 6.07) is 5.34. The van der Waals surface area contributed by atoms with Crippen molar-refractivity contribution in [3.63, 3.8) is 0 Å². The number of hydrogen-bond acceptors (Lipinski definition) is 5. The lowest BCUT2D eigenvalue weighted by molar-refractivity contribution is -0.121. The number of nitrogens with zero attached hydrogens (tertiary/aromatic N) is 3. The zero-order valence-corrected chi connectivity index (χ0v) is 9.19. The highest BCUT2D eigenvalue weighted by Gasteiger charge is 2.41. The van der Waals surface area contributed by atoms with Crippen molar-refractivity contribution in [2.45, 2.75) is 6.92 Å². The van der Waals surface area contributed by atoms with Gasteiger partial charge in [0.05, 0.1) is 11.6 Å². The number of benzene rings is 1. The molecule has 2 aromatic rings. The largest absolute Gasteiger partial charge is 0.273 e. The van der Waals surface area contributed by atoms with Gasteiger partial charge in [-0.25, -0.2) is 4.63 Å². The third kappa shape index (κ3) is 1.04. The Bertz CT molecular complexity index is 591. The standard InChI is InChI=1S/C10H7N3O2S/c1-5-9(14)13(10(5)16)7-4-2-3-6-8(7)12-15-11-6/h2-5H,1H3. The van der Waals surface area contributed by atoms with Crippen molar-refractivity contribution in [2.75, 3.05) is 4.90 Å². The maximum atomic E-state index is 11.7. The predicted octanol–water partition coefficient (Wildman–Crippen LogP) is 1.53. The number of aromatic nitrogens is 2. The second kappa shape index (κ2) is 3.08. The molecule has 1 amide bonds. The van der Waals surface area contributed by atoms with Crippen molar-refractivity contribution in [2.24, 2.45) is 5.92 Å². The summed E-state index contributed by atoms with van der Waals surface area (Å²) in [5.74, 6) is -0.203. The number of carbonyl (C=O) groups is 1. The van der Waals surface area contributed by atoms with Gasteiger partial charge in [0.15, 0.2) is 5.52 Å². The van der Waals surface area contributed by atoms with Gasteiger partial charge in [0.2, 0.25) is 5.91 Å². The van der Waals surface area contributed by atoms with E-state index in [0.717, 1.165) is 0 Å². The lowest BCUT2D eigenvalue weighted by Crippen LogP contribution is -2.55. The van der Waals surface area contributed by atoms with Crippen LogP contribution in [-0.2, 0) is 4.79 Å². The van der Waals surface area contributed by atoms with E-state index in [1.54, 1.807) is 25.1 Å². The van der Waals surface area contributed by atoms with Gasteiger partial charge in [0.25, 0.3) is 0 Å². The minimum Gasteiger partial charge on any atom is -0.273 e. The summed E-state index contributed by atoms with van der Waals surface area (Å²) in [6.07, 6.45) is 0. The smallest absolute Gasteiger partial charge is 0.241 e. The number of amides is 1. The number of rotatable bonds is 1. The SMILES string of the molecule is CC1C(=O)N(c2cccc3nonc23)C1=S. The lowest BCUT2D eigenvalue weighted by Gasteiger charge is -2.36. The first-order chi connectivity index (χ1) is 7.70. The Balaban J connectivity index is 2.17. The van der Waals surface area contributed by atoms with E-state index in [2.05, 4.69) is 14.9 Å². The quantitative estimate of drug-likeness (QED) is 0.552. The average molecular weight is 233 g/mol. The molecule has 0 N–H and O–H groups in total. The highest BCUT2D eigenvalue weighted by Crippen LogP contribution is 2.32. The molecule has 1 unspecified atom stereocenters. The summed E-state index contributed by atoms with van der Waals surface area (Å²) in [5.41, 5.74) is 1.82. The highest BCUT2D eigenvalue weighted by molar-refractivity contribution is 7.81. The first-order valence-electron chi connectivity index (χ1n) is 4.79. The number of carbonyl (C=O) groups excluding carboxylic acids is 1. The zero-order chi connectivity index (χ0) is 11.3. The molecule has 2 heterocycles. The van der Waals surface area contributed by atoms with Crippen molar-refractivity contribution in [3.05, 3.63) is 18.2 Å². The van der Waals surface area contributed by atoms with Gasteiger partial charge in [0.1, 0.15) is 10.5 Å². The van der Waals surface area contributed by atoms with E-state index in [1.807, 2.05) is 0 Å². The van der Waals surface area contributed by atoms with Crippen LogP contribution in [0.2, 0.25) is 0 Å². The van der Waals surface area contributed by atoms with Crippen LogP contribution in [0.25, 0.3) is 11.0 Å². The Hall–Kier alpha value is -1.82. The van der Waals surface area contributed by atoms with Crippen molar-refractivity contribution in [1.82, 2.24) is 10.3 Å². The summed E-state index contributed by atoms with van der Waals surface area (Å²) in [5, 5.41) is 7.50. The van der Waals surface area contributed by atoms with Crippen LogP contribution in [0, 0.1) is 5.92 Å². The van der Waals surface area contributed by atoms with Crippen LogP contribution in [0.1, 0.15) is 6.92 Å². The van der Waals surface area contributed by atoms with Gasteiger partial charge >= 0.3 is 0 Å². The fourth-order valence-corrected chi connectivity index (χ4v) is 2.03. The molecule has 5 nitrogen and oxygen atoms in total. The second-order valence-corrected chi connectivity index (χ2v) is 4.06. The van der Waals surface area contributed by atoms with Crippen LogP contribution in [-0.4, -0.2) is 21.2 Å². The third-order valence-electron chi connectivity index (χ3n) is 2.69. The first-order valence-corrected chi connectivity index (χ1v) is 5.20. The molecule has 0 aliphatic carbocycles. The molecule has 0 radical (unpaired) electrons. The zero-order valence-electron chi connectivity index (χ0n) is 8.38. The van der Waals surface area contributed by atoms with E-state index in [4.69, 9.17) is 12.2 Å². The molecular weight excluding hydrogens is 226 g/mol. The summed E-state index contributed by atoms with van der Waals surface area (Å²) < 4.78 is 4.64. The minimum atomic E-state index is -0.190. The molecule has 16 heavy (non-hydrogen) atoms. The molecule has 0 bridgehead atoms. The van der Waals surface area contributed by atoms with E-state index in [0.29, 0.717) is 21.7 Å². The Morgan fingerprint density at radius 3 is 3.00 bits per heavy atom. The molecule has 1 saturated heterocycles. The normalized spacial score (nSPS) is 20.3. The molecule has 1 fully saturated rings. The Labute approximate surface area is 96.0 Å². The van der Waals surface area contributed by atoms with Crippen molar-refractivity contribution in [1.29, 1.82) is 0 Å². The topological polar surface area (TPSA) is 59.2 Å². The lowest BCUT2D eigenvalue weighted by atomic mass is 9.99. The molecule has 6 heteroatoms. The van der Waals surface area contributed by atoms with Crippen LogP contribution in [0.3, 0.4) is 0 Å². The van der Waals surface area contributed by atoms with Gasteiger partial charge in [-0.05, 0) is 29.4 Å². The fraction of sp³-hybridized carbons (Fsp3) is 0.200. The number of hydrogen-bond donors (Lipinski definition) is 0. The Kier molecular flexibility index (Phi) is 1.81. The first kappa shape index (κ1) is 9.41. The molecular formula is C10H7N3O2S. The van der Waals surface area contributed by atoms with Crippen LogP contribution in [0.4, 0.5) is 5.69 Å². The molecule has 1 aliphatic heterocycles. The fourth-order valence-electron chi connectivity index (χ4n) is 1.75. The van der Waals surface area contributed by atoms with Crippen LogP contribution in [0.15, 0.2) is 22.8 Å². The Morgan fingerprint density at radius 2 is 2.25 bits per heavy atom. The van der Waals surface area contributed by atoms with E-state index in [-0.39, 0.29) is 11.8 Å². The molecule has 1 atom stereocenters.